The molecule has 0 radical (unpaired) electrons. The van der Waals surface area contributed by atoms with Gasteiger partial charge in [-0.15, -0.1) is 0 Å². The average Bonchev–Trinajstić information content (AvgIpc) is 2.77. The number of hydrogen-bond donors (Lipinski definition) is 1. The van der Waals surface area contributed by atoms with E-state index in [0.29, 0.717) is 5.56 Å². The summed E-state index contributed by atoms with van der Waals surface area (Å²) in [4.78, 5) is 0. The van der Waals surface area contributed by atoms with Gasteiger partial charge in [-0.3, -0.25) is 0 Å². The zero-order valence-corrected chi connectivity index (χ0v) is 9.33. The highest BCUT2D eigenvalue weighted by Gasteiger charge is 2.21. The first-order valence-corrected chi connectivity index (χ1v) is 5.15. The van der Waals surface area contributed by atoms with Crippen molar-refractivity contribution < 1.29 is 13.9 Å². The highest BCUT2D eigenvalue weighted by atomic mass is 35.5. The van der Waals surface area contributed by atoms with Gasteiger partial charge in [-0.25, -0.2) is 4.39 Å². The molecule has 1 heterocycles. The predicted octanol–water partition coefficient (Wildman–Crippen LogP) is 3.46. The van der Waals surface area contributed by atoms with Gasteiger partial charge in [0.25, 0.3) is 0 Å². The Morgan fingerprint density at radius 1 is 1.38 bits per heavy atom. The Labute approximate surface area is 97.3 Å². The van der Waals surface area contributed by atoms with Gasteiger partial charge >= 0.3 is 0 Å². The first kappa shape index (κ1) is 11.2. The van der Waals surface area contributed by atoms with E-state index in [9.17, 15) is 9.50 Å². The van der Waals surface area contributed by atoms with E-state index in [2.05, 4.69) is 0 Å². The standard InChI is InChI=1S/C12H10ClFO2/c1-7-4-5-8(13)10(11(7)14)12(15)9-3-2-6-16-9/h2-6,12,15H,1H3. The smallest absolute Gasteiger partial charge is 0.141 e. The third-order valence-corrected chi connectivity index (χ3v) is 2.74. The second-order valence-electron chi connectivity index (χ2n) is 3.51. The van der Waals surface area contributed by atoms with E-state index in [-0.39, 0.29) is 16.3 Å². The second-order valence-corrected chi connectivity index (χ2v) is 3.92. The largest absolute Gasteiger partial charge is 0.466 e. The molecule has 0 aliphatic heterocycles. The number of rotatable bonds is 2. The minimum Gasteiger partial charge on any atom is -0.466 e. The third kappa shape index (κ3) is 1.84. The van der Waals surface area contributed by atoms with E-state index in [1.165, 1.54) is 6.26 Å². The predicted molar refractivity (Wildman–Crippen MR) is 58.9 cm³/mol. The van der Waals surface area contributed by atoms with Gasteiger partial charge in [0.05, 0.1) is 6.26 Å². The molecule has 0 aliphatic rings. The molecule has 2 rings (SSSR count). The number of aryl methyl sites for hydroxylation is 1. The van der Waals surface area contributed by atoms with Crippen LogP contribution in [0.4, 0.5) is 4.39 Å². The van der Waals surface area contributed by atoms with E-state index < -0.39 is 11.9 Å². The minimum absolute atomic E-state index is 0.0524. The Morgan fingerprint density at radius 2 is 2.12 bits per heavy atom. The van der Waals surface area contributed by atoms with Crippen molar-refractivity contribution in [3.8, 4) is 0 Å². The molecule has 16 heavy (non-hydrogen) atoms. The van der Waals surface area contributed by atoms with Gasteiger partial charge in [0.1, 0.15) is 17.7 Å². The number of benzene rings is 1. The quantitative estimate of drug-likeness (QED) is 0.872. The van der Waals surface area contributed by atoms with Gasteiger partial charge in [-0.2, -0.15) is 0 Å². The Morgan fingerprint density at radius 3 is 2.75 bits per heavy atom. The first-order valence-electron chi connectivity index (χ1n) is 4.77. The van der Waals surface area contributed by atoms with Gasteiger partial charge in [-0.05, 0) is 30.7 Å². The molecule has 2 nitrogen and oxygen atoms in total. The molecule has 0 saturated carbocycles. The van der Waals surface area contributed by atoms with E-state index in [4.69, 9.17) is 16.0 Å². The molecule has 0 saturated heterocycles. The SMILES string of the molecule is Cc1ccc(Cl)c(C(O)c2ccco2)c1F. The summed E-state index contributed by atoms with van der Waals surface area (Å²) in [6, 6.07) is 6.32. The van der Waals surface area contributed by atoms with Crippen molar-refractivity contribution in [3.05, 3.63) is 58.3 Å². The molecular formula is C12H10ClFO2. The van der Waals surface area contributed by atoms with Gasteiger partial charge in [0, 0.05) is 10.6 Å². The molecule has 0 bridgehead atoms. The van der Waals surface area contributed by atoms with Crippen LogP contribution >= 0.6 is 11.6 Å². The summed E-state index contributed by atoms with van der Waals surface area (Å²) >= 11 is 5.87. The fourth-order valence-corrected chi connectivity index (χ4v) is 1.77. The third-order valence-electron chi connectivity index (χ3n) is 2.41. The van der Waals surface area contributed by atoms with Crippen molar-refractivity contribution in [3.63, 3.8) is 0 Å². The van der Waals surface area contributed by atoms with E-state index in [0.717, 1.165) is 0 Å². The van der Waals surface area contributed by atoms with Gasteiger partial charge in [0.15, 0.2) is 0 Å². The number of halogens is 2. The molecule has 1 aromatic carbocycles. The summed E-state index contributed by atoms with van der Waals surface area (Å²) in [5.41, 5.74) is 0.488. The lowest BCUT2D eigenvalue weighted by atomic mass is 10.0. The molecule has 4 heteroatoms. The molecule has 1 atom stereocenters. The Balaban J connectivity index is 2.52. The van der Waals surface area contributed by atoms with Crippen LogP contribution in [0.25, 0.3) is 0 Å². The van der Waals surface area contributed by atoms with E-state index >= 15 is 0 Å². The summed E-state index contributed by atoms with van der Waals surface area (Å²) in [5.74, 6) is -0.234. The van der Waals surface area contributed by atoms with Crippen LogP contribution in [0.2, 0.25) is 5.02 Å². The second kappa shape index (κ2) is 4.28. The van der Waals surface area contributed by atoms with E-state index in [1.54, 1.807) is 31.2 Å². The molecule has 1 unspecified atom stereocenters. The maximum Gasteiger partial charge on any atom is 0.141 e. The summed E-state index contributed by atoms with van der Waals surface area (Å²) in [5, 5.41) is 10.1. The summed E-state index contributed by atoms with van der Waals surface area (Å²) in [6.07, 6.45) is 0.238. The summed E-state index contributed by atoms with van der Waals surface area (Å²) in [6.45, 7) is 1.62. The maximum atomic E-state index is 13.8. The topological polar surface area (TPSA) is 33.4 Å². The van der Waals surface area contributed by atoms with Crippen molar-refractivity contribution in [1.29, 1.82) is 0 Å². The molecule has 1 aromatic heterocycles. The summed E-state index contributed by atoms with van der Waals surface area (Å²) in [7, 11) is 0. The average molecular weight is 241 g/mol. The number of hydrogen-bond acceptors (Lipinski definition) is 2. The molecule has 2 aromatic rings. The van der Waals surface area contributed by atoms with Crippen molar-refractivity contribution in [2.24, 2.45) is 0 Å². The molecule has 0 aliphatic carbocycles. The molecule has 0 amide bonds. The fourth-order valence-electron chi connectivity index (χ4n) is 1.52. The van der Waals surface area contributed by atoms with Crippen molar-refractivity contribution in [2.75, 3.05) is 0 Å². The molecule has 0 spiro atoms. The van der Waals surface area contributed by atoms with Crippen molar-refractivity contribution >= 4 is 11.6 Å². The van der Waals surface area contributed by atoms with Gasteiger partial charge in [-0.1, -0.05) is 17.7 Å². The molecule has 0 fully saturated rings. The number of aliphatic hydroxyl groups is 1. The molecular weight excluding hydrogens is 231 g/mol. The lowest BCUT2D eigenvalue weighted by Crippen LogP contribution is -2.04. The van der Waals surface area contributed by atoms with Crippen molar-refractivity contribution in [1.82, 2.24) is 0 Å². The monoisotopic (exact) mass is 240 g/mol. The number of aliphatic hydroxyl groups excluding tert-OH is 1. The van der Waals surface area contributed by atoms with Crippen LogP contribution in [0.15, 0.2) is 34.9 Å². The lowest BCUT2D eigenvalue weighted by Gasteiger charge is -2.12. The Hall–Kier alpha value is -1.32. The van der Waals surface area contributed by atoms with Crippen LogP contribution in [0, 0.1) is 12.7 Å². The van der Waals surface area contributed by atoms with Gasteiger partial charge < -0.3 is 9.52 Å². The highest BCUT2D eigenvalue weighted by molar-refractivity contribution is 6.31. The zero-order chi connectivity index (χ0) is 11.7. The number of furan rings is 1. The normalized spacial score (nSPS) is 12.8. The minimum atomic E-state index is -1.18. The maximum absolute atomic E-state index is 13.8. The van der Waals surface area contributed by atoms with Gasteiger partial charge in [0.2, 0.25) is 0 Å². The zero-order valence-electron chi connectivity index (χ0n) is 8.58. The van der Waals surface area contributed by atoms with Crippen LogP contribution in [0.5, 0.6) is 0 Å². The van der Waals surface area contributed by atoms with Crippen molar-refractivity contribution in [2.45, 2.75) is 13.0 Å². The fraction of sp³-hybridized carbons (Fsp3) is 0.167. The van der Waals surface area contributed by atoms with Crippen LogP contribution in [0.3, 0.4) is 0 Å². The molecule has 84 valence electrons. The highest BCUT2D eigenvalue weighted by Crippen LogP contribution is 2.32. The van der Waals surface area contributed by atoms with Crippen LogP contribution in [-0.2, 0) is 0 Å². The lowest BCUT2D eigenvalue weighted by molar-refractivity contribution is 0.184. The Bertz CT molecular complexity index is 494. The Kier molecular flexibility index (Phi) is 2.99. The van der Waals surface area contributed by atoms with Crippen LogP contribution < -0.4 is 0 Å². The molecule has 1 N–H and O–H groups in total. The first-order chi connectivity index (χ1) is 7.61. The summed E-state index contributed by atoms with van der Waals surface area (Å²) < 4.78 is 18.8. The van der Waals surface area contributed by atoms with Crippen LogP contribution in [-0.4, -0.2) is 5.11 Å². The van der Waals surface area contributed by atoms with E-state index in [1.807, 2.05) is 0 Å². The van der Waals surface area contributed by atoms with Crippen LogP contribution in [0.1, 0.15) is 23.0 Å².